The normalized spacial score (nSPS) is 13.8. The highest BCUT2D eigenvalue weighted by Gasteiger charge is 2.16. The Balaban J connectivity index is 1.75. The third kappa shape index (κ3) is 3.63. The average Bonchev–Trinajstić information content (AvgIpc) is 3.08. The van der Waals surface area contributed by atoms with E-state index in [9.17, 15) is 14.9 Å². The summed E-state index contributed by atoms with van der Waals surface area (Å²) in [5.74, 6) is -0.272. The van der Waals surface area contributed by atoms with Crippen molar-refractivity contribution < 1.29 is 9.72 Å². The van der Waals surface area contributed by atoms with Gasteiger partial charge in [-0.1, -0.05) is 0 Å². The third-order valence-electron chi connectivity index (χ3n) is 4.56. The van der Waals surface area contributed by atoms with Gasteiger partial charge < -0.3 is 10.2 Å². The van der Waals surface area contributed by atoms with Gasteiger partial charge in [-0.2, -0.15) is 0 Å². The zero-order valence-electron chi connectivity index (χ0n) is 14.4. The standard InChI is InChI=1S/C19H21N3O3/c1-13-11-15(5-7-18(13)22(24)25)19(23)20-16-6-8-17(14(2)12-16)21-9-3-4-10-21/h5-8,11-12H,3-4,9-10H2,1-2H3,(H,20,23). The summed E-state index contributed by atoms with van der Waals surface area (Å²) in [5, 5.41) is 13.7. The molecular formula is C19H21N3O3. The molecule has 25 heavy (non-hydrogen) atoms. The summed E-state index contributed by atoms with van der Waals surface area (Å²) >= 11 is 0. The van der Waals surface area contributed by atoms with Crippen molar-refractivity contribution in [1.82, 2.24) is 0 Å². The van der Waals surface area contributed by atoms with E-state index in [0.29, 0.717) is 11.1 Å². The zero-order valence-corrected chi connectivity index (χ0v) is 14.4. The Morgan fingerprint density at radius 1 is 1.08 bits per heavy atom. The van der Waals surface area contributed by atoms with Crippen molar-refractivity contribution in [1.29, 1.82) is 0 Å². The smallest absolute Gasteiger partial charge is 0.272 e. The first-order chi connectivity index (χ1) is 12.0. The van der Waals surface area contributed by atoms with Crippen LogP contribution >= 0.6 is 0 Å². The van der Waals surface area contributed by atoms with Crippen LogP contribution in [0.25, 0.3) is 0 Å². The van der Waals surface area contributed by atoms with Gasteiger partial charge in [-0.3, -0.25) is 14.9 Å². The molecule has 0 saturated carbocycles. The number of nitro groups is 1. The van der Waals surface area contributed by atoms with Gasteiger partial charge in [0.1, 0.15) is 0 Å². The van der Waals surface area contributed by atoms with E-state index in [2.05, 4.69) is 10.2 Å². The number of hydrogen-bond acceptors (Lipinski definition) is 4. The van der Waals surface area contributed by atoms with E-state index in [1.807, 2.05) is 25.1 Å². The van der Waals surface area contributed by atoms with Crippen LogP contribution in [-0.2, 0) is 0 Å². The number of anilines is 2. The van der Waals surface area contributed by atoms with Crippen molar-refractivity contribution >= 4 is 23.0 Å². The van der Waals surface area contributed by atoms with Gasteiger partial charge in [0.15, 0.2) is 0 Å². The zero-order chi connectivity index (χ0) is 18.0. The minimum Gasteiger partial charge on any atom is -0.371 e. The highest BCUT2D eigenvalue weighted by Crippen LogP contribution is 2.27. The monoisotopic (exact) mass is 339 g/mol. The van der Waals surface area contributed by atoms with E-state index >= 15 is 0 Å². The summed E-state index contributed by atoms with van der Waals surface area (Å²) in [7, 11) is 0. The first kappa shape index (κ1) is 17.0. The molecule has 1 amide bonds. The van der Waals surface area contributed by atoms with Crippen molar-refractivity contribution in [2.24, 2.45) is 0 Å². The van der Waals surface area contributed by atoms with Gasteiger partial charge in [-0.05, 0) is 62.6 Å². The Kier molecular flexibility index (Phi) is 4.70. The lowest BCUT2D eigenvalue weighted by Gasteiger charge is -2.20. The first-order valence-electron chi connectivity index (χ1n) is 8.38. The largest absolute Gasteiger partial charge is 0.371 e. The second kappa shape index (κ2) is 6.93. The van der Waals surface area contributed by atoms with Crippen LogP contribution in [0.15, 0.2) is 36.4 Å². The summed E-state index contributed by atoms with van der Waals surface area (Å²) in [5.41, 5.74) is 3.95. The number of carbonyl (C=O) groups is 1. The number of benzene rings is 2. The van der Waals surface area contributed by atoms with E-state index in [1.165, 1.54) is 30.7 Å². The molecule has 6 heteroatoms. The van der Waals surface area contributed by atoms with Gasteiger partial charge in [-0.15, -0.1) is 0 Å². The third-order valence-corrected chi connectivity index (χ3v) is 4.56. The minimum absolute atomic E-state index is 0.0161. The van der Waals surface area contributed by atoms with E-state index in [1.54, 1.807) is 13.0 Å². The maximum Gasteiger partial charge on any atom is 0.272 e. The van der Waals surface area contributed by atoms with Crippen LogP contribution in [0.5, 0.6) is 0 Å². The Labute approximate surface area is 146 Å². The molecule has 0 unspecified atom stereocenters. The van der Waals surface area contributed by atoms with Crippen LogP contribution in [0.4, 0.5) is 17.1 Å². The Morgan fingerprint density at radius 3 is 2.40 bits per heavy atom. The predicted octanol–water partition coefficient (Wildman–Crippen LogP) is 4.06. The molecule has 1 saturated heterocycles. The molecule has 1 aliphatic heterocycles. The fourth-order valence-corrected chi connectivity index (χ4v) is 3.25. The fourth-order valence-electron chi connectivity index (χ4n) is 3.25. The number of nitrogens with zero attached hydrogens (tertiary/aromatic N) is 2. The van der Waals surface area contributed by atoms with E-state index in [-0.39, 0.29) is 11.6 Å². The maximum absolute atomic E-state index is 12.4. The van der Waals surface area contributed by atoms with Crippen LogP contribution in [0.1, 0.15) is 34.3 Å². The van der Waals surface area contributed by atoms with Crippen LogP contribution in [0.2, 0.25) is 0 Å². The second-order valence-corrected chi connectivity index (χ2v) is 6.41. The molecule has 0 atom stereocenters. The molecule has 0 radical (unpaired) electrons. The first-order valence-corrected chi connectivity index (χ1v) is 8.38. The summed E-state index contributed by atoms with van der Waals surface area (Å²) in [6.07, 6.45) is 2.44. The number of nitro benzene ring substituents is 1. The number of hydrogen-bond donors (Lipinski definition) is 1. The molecule has 1 fully saturated rings. The topological polar surface area (TPSA) is 75.5 Å². The molecule has 130 valence electrons. The molecule has 6 nitrogen and oxygen atoms in total. The second-order valence-electron chi connectivity index (χ2n) is 6.41. The maximum atomic E-state index is 12.4. The van der Waals surface area contributed by atoms with Crippen LogP contribution in [0.3, 0.4) is 0 Å². The highest BCUT2D eigenvalue weighted by molar-refractivity contribution is 6.04. The quantitative estimate of drug-likeness (QED) is 0.673. The van der Waals surface area contributed by atoms with Gasteiger partial charge in [0.05, 0.1) is 4.92 Å². The fraction of sp³-hybridized carbons (Fsp3) is 0.316. The van der Waals surface area contributed by atoms with Crippen molar-refractivity contribution in [3.05, 3.63) is 63.2 Å². The molecule has 0 bridgehead atoms. The van der Waals surface area contributed by atoms with E-state index in [4.69, 9.17) is 0 Å². The summed E-state index contributed by atoms with van der Waals surface area (Å²) in [6, 6.07) is 10.3. The van der Waals surface area contributed by atoms with E-state index < -0.39 is 4.92 Å². The molecule has 2 aromatic rings. The Hall–Kier alpha value is -2.89. The molecule has 3 rings (SSSR count). The molecule has 0 spiro atoms. The van der Waals surface area contributed by atoms with Crippen molar-refractivity contribution in [2.45, 2.75) is 26.7 Å². The van der Waals surface area contributed by atoms with Gasteiger partial charge in [0, 0.05) is 41.7 Å². The van der Waals surface area contributed by atoms with Gasteiger partial charge in [0.25, 0.3) is 11.6 Å². The van der Waals surface area contributed by atoms with Gasteiger partial charge in [-0.25, -0.2) is 0 Å². The summed E-state index contributed by atoms with van der Waals surface area (Å²) in [6.45, 7) is 5.83. The lowest BCUT2D eigenvalue weighted by Crippen LogP contribution is -2.19. The van der Waals surface area contributed by atoms with Gasteiger partial charge >= 0.3 is 0 Å². The number of aryl methyl sites for hydroxylation is 2. The number of nitrogens with one attached hydrogen (secondary N) is 1. The van der Waals surface area contributed by atoms with Crippen molar-refractivity contribution in [3.63, 3.8) is 0 Å². The molecular weight excluding hydrogens is 318 g/mol. The Bertz CT molecular complexity index is 827. The number of amides is 1. The number of carbonyl (C=O) groups excluding carboxylic acids is 1. The summed E-state index contributed by atoms with van der Waals surface area (Å²) < 4.78 is 0. The van der Waals surface area contributed by atoms with Crippen LogP contribution in [0, 0.1) is 24.0 Å². The Morgan fingerprint density at radius 2 is 1.80 bits per heavy atom. The molecule has 0 aromatic heterocycles. The van der Waals surface area contributed by atoms with Gasteiger partial charge in [0.2, 0.25) is 0 Å². The molecule has 1 heterocycles. The predicted molar refractivity (Wildman–Crippen MR) is 98.4 cm³/mol. The van der Waals surface area contributed by atoms with Crippen molar-refractivity contribution in [2.75, 3.05) is 23.3 Å². The average molecular weight is 339 g/mol. The lowest BCUT2D eigenvalue weighted by molar-refractivity contribution is -0.385. The molecule has 0 aliphatic carbocycles. The summed E-state index contributed by atoms with van der Waals surface area (Å²) in [4.78, 5) is 25.2. The highest BCUT2D eigenvalue weighted by atomic mass is 16.6. The lowest BCUT2D eigenvalue weighted by atomic mass is 10.1. The minimum atomic E-state index is -0.447. The molecule has 2 aromatic carbocycles. The van der Waals surface area contributed by atoms with Crippen LogP contribution < -0.4 is 10.2 Å². The SMILES string of the molecule is Cc1cc(NC(=O)c2ccc([N+](=O)[O-])c(C)c2)ccc1N1CCCC1. The number of rotatable bonds is 4. The van der Waals surface area contributed by atoms with E-state index in [0.717, 1.165) is 24.3 Å². The molecule has 1 aliphatic rings. The van der Waals surface area contributed by atoms with Crippen molar-refractivity contribution in [3.8, 4) is 0 Å². The molecule has 1 N–H and O–H groups in total. The van der Waals surface area contributed by atoms with Crippen LogP contribution in [-0.4, -0.2) is 23.9 Å².